The molecular weight excluding hydrogens is 1380 g/mol. The van der Waals surface area contributed by atoms with Crippen molar-refractivity contribution in [2.45, 2.75) is 227 Å². The third kappa shape index (κ3) is 32.8. The fraction of sp³-hybridized carbons (Fsp3) is 0.652. The van der Waals surface area contributed by atoms with Gasteiger partial charge in [0.15, 0.2) is 23.8 Å². The van der Waals surface area contributed by atoms with Crippen LogP contribution >= 0.6 is 0 Å². The van der Waals surface area contributed by atoms with Gasteiger partial charge < -0.3 is 121 Å². The van der Waals surface area contributed by atoms with Gasteiger partial charge in [-0.1, -0.05) is 114 Å². The van der Waals surface area contributed by atoms with E-state index in [9.17, 15) is 57.5 Å². The van der Waals surface area contributed by atoms with Crippen molar-refractivity contribution in [1.82, 2.24) is 63.5 Å². The lowest BCUT2D eigenvalue weighted by Gasteiger charge is -2.31. The monoisotopic (exact) mass is 1510 g/mol. The van der Waals surface area contributed by atoms with Crippen molar-refractivity contribution in [1.29, 1.82) is 0 Å². The minimum absolute atomic E-state index is 0.00482. The van der Waals surface area contributed by atoms with Crippen LogP contribution in [0.3, 0.4) is 0 Å². The summed E-state index contributed by atoms with van der Waals surface area (Å²) in [4.78, 5) is 189. The zero-order valence-electron chi connectivity index (χ0n) is 64.1. The van der Waals surface area contributed by atoms with E-state index < -0.39 is 167 Å². The number of hydrogen-bond donors (Lipinski definition) is 22. The van der Waals surface area contributed by atoms with Gasteiger partial charge in [-0.15, -0.1) is 0 Å². The number of guanidine groups is 4. The zero-order chi connectivity index (χ0) is 81.1. The first-order valence-electron chi connectivity index (χ1n) is 36.3. The molecule has 1 aromatic carbocycles. The molecule has 0 saturated carbocycles. The van der Waals surface area contributed by atoms with Crippen LogP contribution in [0.4, 0.5) is 0 Å². The Morgan fingerprint density at radius 1 is 0.393 bits per heavy atom. The second-order valence-corrected chi connectivity index (χ2v) is 28.3. The number of carbonyl (C=O) groups excluding carboxylic acids is 12. The van der Waals surface area contributed by atoms with Crippen LogP contribution in [-0.2, 0) is 64.0 Å². The smallest absolute Gasteiger partial charge is 0.245 e. The van der Waals surface area contributed by atoms with Crippen LogP contribution in [0.15, 0.2) is 50.4 Å². The summed E-state index contributed by atoms with van der Waals surface area (Å²) in [6, 6.07) is -8.49. The van der Waals surface area contributed by atoms with Gasteiger partial charge in [0, 0.05) is 43.2 Å². The standard InChI is InChI=1S/C69H122N26O12/c1-14-37(11)52(64(106)90-47(30-40-31-83-42-22-17-16-21-41(40)42)58(100)87-44(24-19-27-81-67(74)75)56(98)86-43(54(71)96)23-18-26-80-66(72)73)94-57(99)45(25-20-28-82-68(76)77)88-63(105)51(36(9)10)92-55(97)39(13)85-62(104)50(35(7)8)93-65(107)53(38(12)15-2)95-59(101)46(29-33(3)4)89-60(102)48(32-84-69(78)79)91-61(103)49(70)34(5)6/h16-17,21-22,31,33-39,43-53,83H,14-15,18-20,23-30,32,70H2,1-13H3,(H2,71,96)(H,85,104)(H,86,98)(H,87,100)(H,88,105)(H,89,102)(H,90,106)(H,91,103)(H,92,97)(H,93,107)(H,94,99)(H,95,101)(H4,72,73,80)(H4,74,75,81)(H4,76,77,82)(H4,78,79,84)/t37-,38-,39-,43-,44-,45-,46-,47-,48-,49-,50-,51-,52-,53-/m0/s1. The number of amides is 12. The fourth-order valence-corrected chi connectivity index (χ4v) is 10.9. The fourth-order valence-electron chi connectivity index (χ4n) is 10.9. The minimum atomic E-state index is -1.44. The number of fused-ring (bicyclic) bond motifs is 1. The van der Waals surface area contributed by atoms with Gasteiger partial charge in [0.05, 0.1) is 12.6 Å². The average molecular weight is 1510 g/mol. The molecule has 0 bridgehead atoms. The number of hydrogen-bond acceptors (Lipinski definition) is 17. The van der Waals surface area contributed by atoms with E-state index in [1.54, 1.807) is 87.6 Å². The van der Waals surface area contributed by atoms with E-state index in [0.717, 1.165) is 0 Å². The molecule has 1 aromatic heterocycles. The molecule has 600 valence electrons. The zero-order valence-corrected chi connectivity index (χ0v) is 64.1. The summed E-state index contributed by atoms with van der Waals surface area (Å²) in [5.41, 5.74) is 57.4. The van der Waals surface area contributed by atoms with E-state index in [2.05, 4.69) is 83.4 Å². The van der Waals surface area contributed by atoms with Crippen LogP contribution in [-0.4, -0.2) is 198 Å². The van der Waals surface area contributed by atoms with Gasteiger partial charge in [-0.25, -0.2) is 0 Å². The molecule has 2 aromatic rings. The Balaban J connectivity index is 2.52. The van der Waals surface area contributed by atoms with Crippen LogP contribution in [0.5, 0.6) is 0 Å². The second-order valence-electron chi connectivity index (χ2n) is 28.3. The van der Waals surface area contributed by atoms with E-state index >= 15 is 0 Å². The van der Waals surface area contributed by atoms with Crippen molar-refractivity contribution in [3.05, 3.63) is 36.0 Å². The molecule has 0 saturated heterocycles. The van der Waals surface area contributed by atoms with Crippen molar-refractivity contribution in [3.8, 4) is 0 Å². The number of rotatable bonds is 48. The second kappa shape index (κ2) is 46.4. The summed E-state index contributed by atoms with van der Waals surface area (Å²) in [6.07, 6.45) is 2.63. The number of para-hydroxylation sites is 1. The Kier molecular flexibility index (Phi) is 40.1. The Hall–Kier alpha value is -10.6. The highest BCUT2D eigenvalue weighted by Crippen LogP contribution is 2.21. The number of benzene rings is 1. The molecule has 0 aliphatic rings. The maximum atomic E-state index is 14.9. The molecule has 32 N–H and O–H groups in total. The first-order chi connectivity index (χ1) is 50.1. The van der Waals surface area contributed by atoms with Crippen LogP contribution in [0, 0.1) is 35.5 Å². The van der Waals surface area contributed by atoms with Gasteiger partial charge in [0.2, 0.25) is 70.9 Å². The summed E-state index contributed by atoms with van der Waals surface area (Å²) in [7, 11) is 0. The van der Waals surface area contributed by atoms with E-state index in [-0.39, 0.29) is 113 Å². The Bertz CT molecular complexity index is 3410. The number of aliphatic imine (C=N–C) groups is 4. The highest BCUT2D eigenvalue weighted by atomic mass is 16.2. The first kappa shape index (κ1) is 92.5. The molecule has 107 heavy (non-hydrogen) atoms. The average Bonchev–Trinajstić information content (AvgIpc) is 1.75. The molecule has 2 rings (SSSR count). The van der Waals surface area contributed by atoms with Crippen molar-refractivity contribution in [3.63, 3.8) is 0 Å². The molecule has 38 heteroatoms. The predicted molar refractivity (Wildman–Crippen MR) is 409 cm³/mol. The molecule has 12 amide bonds. The van der Waals surface area contributed by atoms with Gasteiger partial charge in [-0.2, -0.15) is 0 Å². The van der Waals surface area contributed by atoms with E-state index in [1.807, 2.05) is 26.0 Å². The Morgan fingerprint density at radius 3 is 1.21 bits per heavy atom. The lowest BCUT2D eigenvalue weighted by molar-refractivity contribution is -0.137. The maximum Gasteiger partial charge on any atom is 0.245 e. The molecular formula is C69H122N26O12. The number of nitrogens with zero attached hydrogens (tertiary/aromatic N) is 4. The van der Waals surface area contributed by atoms with Gasteiger partial charge in [-0.05, 0) is 99.0 Å². The molecule has 0 aliphatic carbocycles. The topological polar surface area (TPSA) is 663 Å². The van der Waals surface area contributed by atoms with Crippen molar-refractivity contribution >= 4 is 106 Å². The van der Waals surface area contributed by atoms with Gasteiger partial charge in [-0.3, -0.25) is 77.5 Å². The van der Waals surface area contributed by atoms with Crippen LogP contribution in [0.1, 0.15) is 153 Å². The molecule has 0 aliphatic heterocycles. The van der Waals surface area contributed by atoms with Gasteiger partial charge in [0.25, 0.3) is 0 Å². The van der Waals surface area contributed by atoms with E-state index in [1.165, 1.54) is 6.92 Å². The Labute approximate surface area is 626 Å². The summed E-state index contributed by atoms with van der Waals surface area (Å²) in [5.74, 6) is -13.6. The van der Waals surface area contributed by atoms with Crippen LogP contribution in [0.25, 0.3) is 10.9 Å². The molecule has 38 nitrogen and oxygen atoms in total. The number of aromatic amines is 1. The lowest BCUT2D eigenvalue weighted by Crippen LogP contribution is -2.62. The summed E-state index contributed by atoms with van der Waals surface area (Å²) in [6.45, 7) is 21.7. The number of nitrogens with two attached hydrogens (primary N) is 10. The number of H-pyrrole nitrogens is 1. The van der Waals surface area contributed by atoms with E-state index in [0.29, 0.717) is 29.3 Å². The first-order valence-corrected chi connectivity index (χ1v) is 36.3. The molecule has 0 unspecified atom stereocenters. The SMILES string of the molecule is CC[C@H](C)[C@H](NC(=O)[C@H](CCCN=C(N)N)NC(=O)[C@@H](NC(=O)[C@H](C)NC(=O)[C@@H](NC(=O)[C@@H](NC(=O)[C@H](CC(C)C)NC(=O)[C@H](CN=C(N)N)NC(=O)[C@@H](N)C(C)C)[C@@H](C)CC)C(C)C)C(C)C)C(=O)N[C@@H](Cc1c[nH]c2ccccc12)C(=O)N[C@@H](CCCN=C(N)N)C(=O)N[C@@H](CCCN=C(N)N)C(N)=O. The highest BCUT2D eigenvalue weighted by molar-refractivity contribution is 6.00. The summed E-state index contributed by atoms with van der Waals surface area (Å²) in [5, 5.41) is 30.4. The van der Waals surface area contributed by atoms with E-state index in [4.69, 9.17) is 57.3 Å². The van der Waals surface area contributed by atoms with Crippen molar-refractivity contribution in [2.75, 3.05) is 26.2 Å². The molecule has 14 atom stereocenters. The third-order valence-electron chi connectivity index (χ3n) is 17.8. The number of aromatic nitrogens is 1. The highest BCUT2D eigenvalue weighted by Gasteiger charge is 2.39. The maximum absolute atomic E-state index is 14.9. The predicted octanol–water partition coefficient (Wildman–Crippen LogP) is -4.58. The summed E-state index contributed by atoms with van der Waals surface area (Å²) >= 11 is 0. The minimum Gasteiger partial charge on any atom is -0.370 e. The normalized spacial score (nSPS) is 15.2. The van der Waals surface area contributed by atoms with Crippen molar-refractivity contribution < 1.29 is 57.5 Å². The largest absolute Gasteiger partial charge is 0.370 e. The molecule has 1 heterocycles. The Morgan fingerprint density at radius 2 is 0.757 bits per heavy atom. The number of primary amides is 1. The molecule has 0 spiro atoms. The van der Waals surface area contributed by atoms with Crippen LogP contribution in [0.2, 0.25) is 0 Å². The molecule has 0 radical (unpaired) electrons. The molecule has 0 fully saturated rings. The number of carbonyl (C=O) groups is 12. The van der Waals surface area contributed by atoms with Crippen molar-refractivity contribution in [2.24, 2.45) is 113 Å². The quantitative estimate of drug-likeness (QED) is 0.0168. The van der Waals surface area contributed by atoms with Gasteiger partial charge in [0.1, 0.15) is 66.5 Å². The number of nitrogens with one attached hydrogen (secondary N) is 12. The van der Waals surface area contributed by atoms with Crippen LogP contribution < -0.4 is 116 Å². The van der Waals surface area contributed by atoms with Gasteiger partial charge >= 0.3 is 0 Å². The third-order valence-corrected chi connectivity index (χ3v) is 17.8. The summed E-state index contributed by atoms with van der Waals surface area (Å²) < 4.78 is 0. The lowest BCUT2D eigenvalue weighted by atomic mass is 9.95.